The number of ether oxygens (including phenoxy) is 2. The van der Waals surface area contributed by atoms with Crippen LogP contribution in [0.25, 0.3) is 11.3 Å². The predicted molar refractivity (Wildman–Crippen MR) is 67.9 cm³/mol. The molecule has 1 aliphatic heterocycles. The van der Waals surface area contributed by atoms with Gasteiger partial charge < -0.3 is 9.47 Å². The number of aromatic nitrogens is 1. The largest absolute Gasteiger partial charge is 0.454 e. The lowest BCUT2D eigenvalue weighted by molar-refractivity contribution is 0.174. The maximum Gasteiger partial charge on any atom is 0.231 e. The van der Waals surface area contributed by atoms with Gasteiger partial charge in [-0.15, -0.1) is 11.3 Å². The molecule has 5 heteroatoms. The Bertz CT molecular complexity index is 670. The Morgan fingerprint density at radius 3 is 2.72 bits per heavy atom. The highest BCUT2D eigenvalue weighted by atomic mass is 32.1. The van der Waals surface area contributed by atoms with Crippen LogP contribution >= 0.6 is 11.3 Å². The predicted octanol–water partition coefficient (Wildman–Crippen LogP) is 3.03. The molecule has 0 radical (unpaired) electrons. The van der Waals surface area contributed by atoms with E-state index in [0.717, 1.165) is 27.6 Å². The molecule has 0 amide bonds. The molecule has 2 aromatic rings. The minimum atomic E-state index is 0.249. The zero-order chi connectivity index (χ0) is 12.7. The maximum atomic E-state index is 9.14. The van der Waals surface area contributed by atoms with Crippen LogP contribution in [0.15, 0.2) is 12.1 Å². The standard InChI is InChI=1S/C13H10N2O2S/c1-7-3-10-11(17-6-16-10)4-9(7)13-12(5-14)18-8(2)15-13/h3-4H,6H2,1-2H3. The number of nitrogens with zero attached hydrogens (tertiary/aromatic N) is 2. The molecule has 90 valence electrons. The third-order valence-corrected chi connectivity index (χ3v) is 3.69. The average molecular weight is 258 g/mol. The summed E-state index contributed by atoms with van der Waals surface area (Å²) in [4.78, 5) is 5.07. The van der Waals surface area contributed by atoms with E-state index in [0.29, 0.717) is 10.6 Å². The first-order valence-electron chi connectivity index (χ1n) is 5.47. The highest BCUT2D eigenvalue weighted by Gasteiger charge is 2.19. The van der Waals surface area contributed by atoms with Crippen molar-refractivity contribution < 1.29 is 9.47 Å². The molecule has 0 unspecified atom stereocenters. The molecule has 0 spiro atoms. The number of nitriles is 1. The molecular formula is C13H10N2O2S. The molecular weight excluding hydrogens is 248 g/mol. The molecule has 0 saturated carbocycles. The van der Waals surface area contributed by atoms with E-state index in [2.05, 4.69) is 11.1 Å². The van der Waals surface area contributed by atoms with Crippen molar-refractivity contribution in [1.82, 2.24) is 4.98 Å². The van der Waals surface area contributed by atoms with Gasteiger partial charge in [0.25, 0.3) is 0 Å². The van der Waals surface area contributed by atoms with Crippen LogP contribution in [0.2, 0.25) is 0 Å². The Hall–Kier alpha value is -2.06. The lowest BCUT2D eigenvalue weighted by Crippen LogP contribution is -1.92. The third kappa shape index (κ3) is 1.62. The first-order chi connectivity index (χ1) is 8.69. The number of aryl methyl sites for hydroxylation is 2. The highest BCUT2D eigenvalue weighted by Crippen LogP contribution is 2.39. The molecule has 0 fully saturated rings. The molecule has 4 nitrogen and oxygen atoms in total. The fraction of sp³-hybridized carbons (Fsp3) is 0.231. The molecule has 0 atom stereocenters. The van der Waals surface area contributed by atoms with Crippen molar-refractivity contribution in [1.29, 1.82) is 5.26 Å². The SMILES string of the molecule is Cc1nc(-c2cc3c(cc2C)OCO3)c(C#N)s1. The summed E-state index contributed by atoms with van der Waals surface area (Å²) in [5.41, 5.74) is 2.69. The summed E-state index contributed by atoms with van der Waals surface area (Å²) in [6, 6.07) is 6.01. The minimum absolute atomic E-state index is 0.249. The average Bonchev–Trinajstić information content (AvgIpc) is 2.93. The summed E-state index contributed by atoms with van der Waals surface area (Å²) in [5, 5.41) is 10.0. The Morgan fingerprint density at radius 1 is 1.28 bits per heavy atom. The van der Waals surface area contributed by atoms with Gasteiger partial charge in [0.1, 0.15) is 10.9 Å². The Balaban J connectivity index is 2.20. The zero-order valence-corrected chi connectivity index (χ0v) is 10.8. The van der Waals surface area contributed by atoms with Gasteiger partial charge in [0.2, 0.25) is 6.79 Å². The second-order valence-corrected chi connectivity index (χ2v) is 5.25. The maximum absolute atomic E-state index is 9.14. The van der Waals surface area contributed by atoms with E-state index in [9.17, 15) is 0 Å². The van der Waals surface area contributed by atoms with Crippen LogP contribution in [0.1, 0.15) is 15.4 Å². The minimum Gasteiger partial charge on any atom is -0.454 e. The van der Waals surface area contributed by atoms with Crippen molar-refractivity contribution in [2.24, 2.45) is 0 Å². The van der Waals surface area contributed by atoms with Gasteiger partial charge in [-0.3, -0.25) is 0 Å². The summed E-state index contributed by atoms with van der Waals surface area (Å²) in [6.07, 6.45) is 0. The number of benzene rings is 1. The van der Waals surface area contributed by atoms with Gasteiger partial charge in [-0.2, -0.15) is 5.26 Å². The van der Waals surface area contributed by atoms with Crippen molar-refractivity contribution in [3.8, 4) is 28.8 Å². The molecule has 3 rings (SSSR count). The van der Waals surface area contributed by atoms with Crippen molar-refractivity contribution in [3.63, 3.8) is 0 Å². The van der Waals surface area contributed by atoms with Gasteiger partial charge >= 0.3 is 0 Å². The van der Waals surface area contributed by atoms with Gasteiger partial charge in [0, 0.05) is 5.56 Å². The normalized spacial score (nSPS) is 12.5. The number of thiazole rings is 1. The van der Waals surface area contributed by atoms with Crippen LogP contribution in [0, 0.1) is 25.2 Å². The number of hydrogen-bond donors (Lipinski definition) is 0. The molecule has 1 aromatic carbocycles. The fourth-order valence-corrected chi connectivity index (χ4v) is 2.71. The molecule has 18 heavy (non-hydrogen) atoms. The van der Waals surface area contributed by atoms with E-state index in [1.54, 1.807) is 0 Å². The smallest absolute Gasteiger partial charge is 0.231 e. The van der Waals surface area contributed by atoms with E-state index in [-0.39, 0.29) is 6.79 Å². The van der Waals surface area contributed by atoms with Crippen LogP contribution in [0.3, 0.4) is 0 Å². The Kier molecular flexibility index (Phi) is 2.46. The van der Waals surface area contributed by atoms with E-state index in [1.807, 2.05) is 26.0 Å². The summed E-state index contributed by atoms with van der Waals surface area (Å²) in [7, 11) is 0. The van der Waals surface area contributed by atoms with Gasteiger partial charge in [-0.25, -0.2) is 4.98 Å². The molecule has 2 heterocycles. The fourth-order valence-electron chi connectivity index (χ4n) is 1.98. The summed E-state index contributed by atoms with van der Waals surface area (Å²) in [6.45, 7) is 4.13. The van der Waals surface area contributed by atoms with Crippen molar-refractivity contribution >= 4 is 11.3 Å². The first kappa shape index (κ1) is 11.1. The summed E-state index contributed by atoms with van der Waals surface area (Å²) < 4.78 is 10.7. The van der Waals surface area contributed by atoms with E-state index >= 15 is 0 Å². The van der Waals surface area contributed by atoms with Crippen LogP contribution in [0.4, 0.5) is 0 Å². The number of fused-ring (bicyclic) bond motifs is 1. The van der Waals surface area contributed by atoms with Crippen LogP contribution in [0.5, 0.6) is 11.5 Å². The quantitative estimate of drug-likeness (QED) is 0.789. The topological polar surface area (TPSA) is 55.1 Å². The summed E-state index contributed by atoms with van der Waals surface area (Å²) in [5.74, 6) is 1.46. The van der Waals surface area contributed by atoms with Crippen molar-refractivity contribution in [2.45, 2.75) is 13.8 Å². The molecule has 0 aliphatic carbocycles. The van der Waals surface area contributed by atoms with Gasteiger partial charge in [-0.05, 0) is 31.5 Å². The molecule has 1 aromatic heterocycles. The molecule has 0 saturated heterocycles. The lowest BCUT2D eigenvalue weighted by atomic mass is 10.0. The van der Waals surface area contributed by atoms with Gasteiger partial charge in [0.15, 0.2) is 11.5 Å². The van der Waals surface area contributed by atoms with Gasteiger partial charge in [0.05, 0.1) is 10.7 Å². The number of hydrogen-bond acceptors (Lipinski definition) is 5. The molecule has 0 N–H and O–H groups in total. The lowest BCUT2D eigenvalue weighted by Gasteiger charge is -2.05. The first-order valence-corrected chi connectivity index (χ1v) is 6.29. The summed E-state index contributed by atoms with van der Waals surface area (Å²) >= 11 is 1.41. The van der Waals surface area contributed by atoms with Crippen LogP contribution in [-0.2, 0) is 0 Å². The highest BCUT2D eigenvalue weighted by molar-refractivity contribution is 7.12. The van der Waals surface area contributed by atoms with Crippen LogP contribution < -0.4 is 9.47 Å². The Morgan fingerprint density at radius 2 is 2.00 bits per heavy atom. The zero-order valence-electron chi connectivity index (χ0n) is 9.98. The van der Waals surface area contributed by atoms with Crippen molar-refractivity contribution in [2.75, 3.05) is 6.79 Å². The van der Waals surface area contributed by atoms with Crippen LogP contribution in [-0.4, -0.2) is 11.8 Å². The third-order valence-electron chi connectivity index (χ3n) is 2.81. The second kappa shape index (κ2) is 4.00. The number of rotatable bonds is 1. The van der Waals surface area contributed by atoms with E-state index in [4.69, 9.17) is 14.7 Å². The Labute approximate surface area is 108 Å². The second-order valence-electron chi connectivity index (χ2n) is 4.04. The van der Waals surface area contributed by atoms with E-state index in [1.165, 1.54) is 11.3 Å². The molecule has 1 aliphatic rings. The van der Waals surface area contributed by atoms with E-state index < -0.39 is 0 Å². The van der Waals surface area contributed by atoms with Gasteiger partial charge in [-0.1, -0.05) is 0 Å². The van der Waals surface area contributed by atoms with Crippen molar-refractivity contribution in [3.05, 3.63) is 27.6 Å². The monoisotopic (exact) mass is 258 g/mol. The molecule has 0 bridgehead atoms.